The van der Waals surface area contributed by atoms with E-state index in [1.165, 1.54) is 5.56 Å². The molecule has 0 fully saturated rings. The molecule has 0 spiro atoms. The highest BCUT2D eigenvalue weighted by Crippen LogP contribution is 2.28. The highest BCUT2D eigenvalue weighted by Gasteiger charge is 2.19. The van der Waals surface area contributed by atoms with Crippen LogP contribution in [0.2, 0.25) is 0 Å². The standard InChI is InChI=1S/C19H24N2OS/c1-4-14-8-6-7-13(3)18(14)21-19(22)17(5-2)23-16-11-9-15(20)10-12-16/h6-12,17H,4-5,20H2,1-3H3,(H,21,22). The Kier molecular flexibility index (Phi) is 6.11. The lowest BCUT2D eigenvalue weighted by Crippen LogP contribution is -2.25. The van der Waals surface area contributed by atoms with Gasteiger partial charge in [-0.1, -0.05) is 32.0 Å². The Morgan fingerprint density at radius 3 is 2.48 bits per heavy atom. The molecule has 0 saturated carbocycles. The number of carbonyl (C=O) groups is 1. The van der Waals surface area contributed by atoms with Gasteiger partial charge in [0.2, 0.25) is 5.91 Å². The van der Waals surface area contributed by atoms with Crippen LogP contribution in [0.1, 0.15) is 31.4 Å². The Hall–Kier alpha value is -1.94. The van der Waals surface area contributed by atoms with E-state index in [1.807, 2.05) is 50.2 Å². The molecule has 23 heavy (non-hydrogen) atoms. The number of nitrogens with one attached hydrogen (secondary N) is 1. The van der Waals surface area contributed by atoms with E-state index >= 15 is 0 Å². The second-order valence-corrected chi connectivity index (χ2v) is 6.81. The Balaban J connectivity index is 2.13. The summed E-state index contributed by atoms with van der Waals surface area (Å²) in [5, 5.41) is 3.01. The maximum absolute atomic E-state index is 12.7. The van der Waals surface area contributed by atoms with Gasteiger partial charge in [-0.25, -0.2) is 0 Å². The third kappa shape index (κ3) is 4.52. The first-order valence-corrected chi connectivity index (χ1v) is 8.84. The monoisotopic (exact) mass is 328 g/mol. The average Bonchev–Trinajstić information content (AvgIpc) is 2.56. The lowest BCUT2D eigenvalue weighted by Gasteiger charge is -2.18. The normalized spacial score (nSPS) is 12.0. The van der Waals surface area contributed by atoms with E-state index in [-0.39, 0.29) is 11.2 Å². The van der Waals surface area contributed by atoms with Gasteiger partial charge in [-0.2, -0.15) is 0 Å². The van der Waals surface area contributed by atoms with E-state index in [2.05, 4.69) is 18.3 Å². The summed E-state index contributed by atoms with van der Waals surface area (Å²) in [6.07, 6.45) is 1.67. The maximum atomic E-state index is 12.7. The molecule has 122 valence electrons. The van der Waals surface area contributed by atoms with Gasteiger partial charge >= 0.3 is 0 Å². The smallest absolute Gasteiger partial charge is 0.237 e. The zero-order valence-electron chi connectivity index (χ0n) is 13.9. The number of amides is 1. The van der Waals surface area contributed by atoms with E-state index in [4.69, 9.17) is 5.73 Å². The van der Waals surface area contributed by atoms with Crippen molar-refractivity contribution in [2.45, 2.75) is 43.8 Å². The third-order valence-corrected chi connectivity index (χ3v) is 5.19. The Morgan fingerprint density at radius 2 is 1.87 bits per heavy atom. The van der Waals surface area contributed by atoms with Crippen molar-refractivity contribution in [3.8, 4) is 0 Å². The van der Waals surface area contributed by atoms with Crippen LogP contribution in [0.5, 0.6) is 0 Å². The van der Waals surface area contributed by atoms with E-state index in [9.17, 15) is 4.79 Å². The van der Waals surface area contributed by atoms with Gasteiger partial charge in [-0.3, -0.25) is 4.79 Å². The fraction of sp³-hybridized carbons (Fsp3) is 0.316. The molecule has 1 unspecified atom stereocenters. The minimum absolute atomic E-state index is 0.0540. The molecular weight excluding hydrogens is 304 g/mol. The van der Waals surface area contributed by atoms with Crippen molar-refractivity contribution in [1.29, 1.82) is 0 Å². The van der Waals surface area contributed by atoms with Gasteiger partial charge in [0.15, 0.2) is 0 Å². The van der Waals surface area contributed by atoms with Crippen molar-refractivity contribution in [2.24, 2.45) is 0 Å². The molecule has 0 aliphatic carbocycles. The number of anilines is 2. The van der Waals surface area contributed by atoms with Gasteiger partial charge in [0, 0.05) is 16.3 Å². The number of benzene rings is 2. The van der Waals surface area contributed by atoms with Crippen molar-refractivity contribution in [1.82, 2.24) is 0 Å². The van der Waals surface area contributed by atoms with Crippen LogP contribution in [0.3, 0.4) is 0 Å². The molecule has 0 radical (unpaired) electrons. The van der Waals surface area contributed by atoms with Crippen LogP contribution < -0.4 is 11.1 Å². The first kappa shape index (κ1) is 17.4. The minimum atomic E-state index is -0.122. The van der Waals surface area contributed by atoms with Gasteiger partial charge in [0.1, 0.15) is 0 Å². The predicted molar refractivity (Wildman–Crippen MR) is 100.0 cm³/mol. The zero-order valence-corrected chi connectivity index (χ0v) is 14.7. The highest BCUT2D eigenvalue weighted by molar-refractivity contribution is 8.00. The highest BCUT2D eigenvalue weighted by atomic mass is 32.2. The van der Waals surface area contributed by atoms with Crippen molar-refractivity contribution in [3.63, 3.8) is 0 Å². The summed E-state index contributed by atoms with van der Waals surface area (Å²) in [5.74, 6) is 0.0540. The first-order chi connectivity index (χ1) is 11.0. The van der Waals surface area contributed by atoms with Gasteiger partial charge in [-0.15, -0.1) is 11.8 Å². The second-order valence-electron chi connectivity index (χ2n) is 5.54. The van der Waals surface area contributed by atoms with E-state index in [1.54, 1.807) is 11.8 Å². The van der Waals surface area contributed by atoms with Crippen molar-refractivity contribution in [2.75, 3.05) is 11.1 Å². The fourth-order valence-corrected chi connectivity index (χ4v) is 3.39. The van der Waals surface area contributed by atoms with Gasteiger partial charge in [0.25, 0.3) is 0 Å². The molecule has 1 atom stereocenters. The number of hydrogen-bond donors (Lipinski definition) is 2. The SMILES string of the molecule is CCc1cccc(C)c1NC(=O)C(CC)Sc1ccc(N)cc1. The fourth-order valence-electron chi connectivity index (χ4n) is 2.44. The number of aryl methyl sites for hydroxylation is 2. The summed E-state index contributed by atoms with van der Waals surface area (Å²) >= 11 is 1.58. The van der Waals surface area contributed by atoms with E-state index in [0.717, 1.165) is 34.7 Å². The molecule has 0 heterocycles. The summed E-state index contributed by atoms with van der Waals surface area (Å²) in [6.45, 7) is 6.17. The molecule has 0 saturated heterocycles. The van der Waals surface area contributed by atoms with Crippen molar-refractivity contribution < 1.29 is 4.79 Å². The van der Waals surface area contributed by atoms with Crippen LogP contribution in [0.15, 0.2) is 47.4 Å². The number of rotatable bonds is 6. The lowest BCUT2D eigenvalue weighted by atomic mass is 10.1. The molecule has 2 aromatic rings. The molecule has 4 heteroatoms. The first-order valence-electron chi connectivity index (χ1n) is 7.96. The van der Waals surface area contributed by atoms with Crippen molar-refractivity contribution in [3.05, 3.63) is 53.6 Å². The van der Waals surface area contributed by atoms with Crippen LogP contribution >= 0.6 is 11.8 Å². The summed E-state index contributed by atoms with van der Waals surface area (Å²) in [5.41, 5.74) is 9.68. The van der Waals surface area contributed by atoms with Crippen molar-refractivity contribution >= 4 is 29.0 Å². The number of nitrogen functional groups attached to an aromatic ring is 1. The largest absolute Gasteiger partial charge is 0.399 e. The molecule has 2 aromatic carbocycles. The number of thioether (sulfide) groups is 1. The molecule has 3 nitrogen and oxygen atoms in total. The molecule has 2 rings (SSSR count). The molecule has 1 amide bonds. The molecule has 0 aromatic heterocycles. The quantitative estimate of drug-likeness (QED) is 0.599. The Labute approximate surface area is 142 Å². The van der Waals surface area contributed by atoms with Gasteiger partial charge < -0.3 is 11.1 Å². The Morgan fingerprint density at radius 1 is 1.17 bits per heavy atom. The van der Waals surface area contributed by atoms with Gasteiger partial charge in [-0.05, 0) is 55.2 Å². The molecule has 3 N–H and O–H groups in total. The van der Waals surface area contributed by atoms with Crippen LogP contribution in [0.4, 0.5) is 11.4 Å². The summed E-state index contributed by atoms with van der Waals surface area (Å²) < 4.78 is 0. The summed E-state index contributed by atoms with van der Waals surface area (Å²) in [4.78, 5) is 13.7. The van der Waals surface area contributed by atoms with E-state index in [0.29, 0.717) is 0 Å². The molecule has 0 aliphatic rings. The Bertz CT molecular complexity index is 668. The number of carbonyl (C=O) groups excluding carboxylic acids is 1. The molecule has 0 aliphatic heterocycles. The average molecular weight is 328 g/mol. The zero-order chi connectivity index (χ0) is 16.8. The van der Waals surface area contributed by atoms with Crippen LogP contribution in [0.25, 0.3) is 0 Å². The van der Waals surface area contributed by atoms with E-state index < -0.39 is 0 Å². The van der Waals surface area contributed by atoms with Crippen LogP contribution in [-0.4, -0.2) is 11.2 Å². The van der Waals surface area contributed by atoms with Gasteiger partial charge in [0.05, 0.1) is 5.25 Å². The minimum Gasteiger partial charge on any atom is -0.399 e. The summed E-state index contributed by atoms with van der Waals surface area (Å²) in [7, 11) is 0. The topological polar surface area (TPSA) is 55.1 Å². The number of para-hydroxylation sites is 1. The van der Waals surface area contributed by atoms with Crippen LogP contribution in [-0.2, 0) is 11.2 Å². The third-order valence-electron chi connectivity index (χ3n) is 3.81. The lowest BCUT2D eigenvalue weighted by molar-refractivity contribution is -0.115. The summed E-state index contributed by atoms with van der Waals surface area (Å²) in [6, 6.07) is 13.8. The predicted octanol–water partition coefficient (Wildman–Crippen LogP) is 4.65. The number of hydrogen-bond acceptors (Lipinski definition) is 3. The molecular formula is C19H24N2OS. The maximum Gasteiger partial charge on any atom is 0.237 e. The van der Waals surface area contributed by atoms with Crippen LogP contribution in [0, 0.1) is 6.92 Å². The molecule has 0 bridgehead atoms. The second kappa shape index (κ2) is 8.06. The number of nitrogens with two attached hydrogens (primary N) is 1.